The number of ether oxygens (including phenoxy) is 1. The van der Waals surface area contributed by atoms with Crippen molar-refractivity contribution in [2.75, 3.05) is 13.1 Å². The van der Waals surface area contributed by atoms with Crippen molar-refractivity contribution >= 4 is 17.3 Å². The Hall–Kier alpha value is -1.17. The molecule has 1 heterocycles. The van der Waals surface area contributed by atoms with Crippen LogP contribution in [0.3, 0.4) is 0 Å². The second kappa shape index (κ2) is 6.13. The third-order valence-electron chi connectivity index (χ3n) is 2.96. The first-order valence-corrected chi connectivity index (χ1v) is 6.30. The average molecular weight is 271 g/mol. The first-order valence-electron chi connectivity index (χ1n) is 5.92. The molecule has 98 valence electrons. The molecule has 0 radical (unpaired) electrons. The number of nitrogens with zero attached hydrogens (tertiary/aromatic N) is 1. The molecule has 1 unspecified atom stereocenters. The highest BCUT2D eigenvalue weighted by Gasteiger charge is 2.17. The maximum absolute atomic E-state index is 10.9. The van der Waals surface area contributed by atoms with Gasteiger partial charge in [-0.3, -0.25) is 10.1 Å². The van der Waals surface area contributed by atoms with Crippen LogP contribution < -0.4 is 5.32 Å². The molecule has 0 spiro atoms. The fraction of sp³-hybridized carbons (Fsp3) is 0.500. The quantitative estimate of drug-likeness (QED) is 0.674. The van der Waals surface area contributed by atoms with E-state index < -0.39 is 4.92 Å². The Bertz CT molecular complexity index is 433. The van der Waals surface area contributed by atoms with Crippen molar-refractivity contribution in [1.82, 2.24) is 5.32 Å². The predicted octanol–water partition coefficient (Wildman–Crippen LogP) is 2.52. The van der Waals surface area contributed by atoms with Gasteiger partial charge in [-0.25, -0.2) is 0 Å². The van der Waals surface area contributed by atoms with Crippen LogP contribution in [0.4, 0.5) is 5.69 Å². The summed E-state index contributed by atoms with van der Waals surface area (Å²) in [6.07, 6.45) is 2.18. The van der Waals surface area contributed by atoms with Crippen molar-refractivity contribution < 1.29 is 9.66 Å². The van der Waals surface area contributed by atoms with E-state index in [0.29, 0.717) is 10.6 Å². The molecule has 0 bridgehead atoms. The number of benzene rings is 1. The molecule has 1 aliphatic rings. The lowest BCUT2D eigenvalue weighted by atomic mass is 10.1. The summed E-state index contributed by atoms with van der Waals surface area (Å²) in [7, 11) is 0. The van der Waals surface area contributed by atoms with Crippen molar-refractivity contribution in [2.45, 2.75) is 25.6 Å². The number of piperidine rings is 1. The molecule has 1 aliphatic heterocycles. The number of rotatable bonds is 4. The van der Waals surface area contributed by atoms with E-state index in [9.17, 15) is 10.1 Å². The van der Waals surface area contributed by atoms with Crippen LogP contribution in [0.2, 0.25) is 5.02 Å². The molecule has 1 aromatic rings. The summed E-state index contributed by atoms with van der Waals surface area (Å²) in [5, 5.41) is 14.6. The molecule has 1 atom stereocenters. The summed E-state index contributed by atoms with van der Waals surface area (Å²) >= 11 is 5.85. The lowest BCUT2D eigenvalue weighted by Crippen LogP contribution is -2.35. The normalized spacial score (nSPS) is 19.7. The molecule has 1 aromatic carbocycles. The topological polar surface area (TPSA) is 64.4 Å². The van der Waals surface area contributed by atoms with Gasteiger partial charge in [0.2, 0.25) is 0 Å². The average Bonchev–Trinajstić information content (AvgIpc) is 2.37. The molecule has 2 rings (SSSR count). The zero-order valence-electron chi connectivity index (χ0n) is 9.89. The van der Waals surface area contributed by atoms with Crippen LogP contribution in [0.1, 0.15) is 18.4 Å². The molecule has 0 saturated carbocycles. The van der Waals surface area contributed by atoms with Gasteiger partial charge in [-0.05, 0) is 31.5 Å². The van der Waals surface area contributed by atoms with Crippen molar-refractivity contribution in [1.29, 1.82) is 0 Å². The van der Waals surface area contributed by atoms with Gasteiger partial charge in [-0.2, -0.15) is 0 Å². The van der Waals surface area contributed by atoms with Crippen LogP contribution in [-0.4, -0.2) is 24.1 Å². The lowest BCUT2D eigenvalue weighted by molar-refractivity contribution is -0.386. The Morgan fingerprint density at radius 2 is 2.39 bits per heavy atom. The molecule has 0 aliphatic carbocycles. The number of hydrogen-bond donors (Lipinski definition) is 1. The zero-order chi connectivity index (χ0) is 13.0. The summed E-state index contributed by atoms with van der Waals surface area (Å²) in [6, 6.07) is 4.53. The van der Waals surface area contributed by atoms with Gasteiger partial charge in [-0.1, -0.05) is 11.6 Å². The minimum absolute atomic E-state index is 0.0585. The first-order chi connectivity index (χ1) is 8.66. The molecule has 0 aromatic heterocycles. The Kier molecular flexibility index (Phi) is 4.52. The van der Waals surface area contributed by atoms with Gasteiger partial charge in [0.05, 0.1) is 23.2 Å². The Morgan fingerprint density at radius 3 is 3.06 bits per heavy atom. The van der Waals surface area contributed by atoms with E-state index in [1.54, 1.807) is 6.07 Å². The van der Waals surface area contributed by atoms with Gasteiger partial charge in [-0.15, -0.1) is 0 Å². The van der Waals surface area contributed by atoms with Crippen LogP contribution in [0.15, 0.2) is 18.2 Å². The Morgan fingerprint density at radius 1 is 1.56 bits per heavy atom. The van der Waals surface area contributed by atoms with E-state index in [-0.39, 0.29) is 18.4 Å². The number of nitro groups is 1. The summed E-state index contributed by atoms with van der Waals surface area (Å²) in [6.45, 7) is 2.04. The van der Waals surface area contributed by atoms with Crippen molar-refractivity contribution in [3.63, 3.8) is 0 Å². The van der Waals surface area contributed by atoms with E-state index in [2.05, 4.69) is 5.32 Å². The number of nitrogens with one attached hydrogen (secondary N) is 1. The van der Waals surface area contributed by atoms with E-state index >= 15 is 0 Å². The van der Waals surface area contributed by atoms with Crippen molar-refractivity contribution in [2.24, 2.45) is 0 Å². The monoisotopic (exact) mass is 270 g/mol. The molecule has 5 nitrogen and oxygen atoms in total. The van der Waals surface area contributed by atoms with E-state index in [1.807, 2.05) is 0 Å². The van der Waals surface area contributed by atoms with Crippen LogP contribution in [0.5, 0.6) is 0 Å². The van der Waals surface area contributed by atoms with Gasteiger partial charge in [0.1, 0.15) is 0 Å². The smallest absolute Gasteiger partial charge is 0.275 e. The highest BCUT2D eigenvalue weighted by atomic mass is 35.5. The van der Waals surface area contributed by atoms with E-state index in [0.717, 1.165) is 25.9 Å². The number of hydrogen-bond acceptors (Lipinski definition) is 4. The number of halogens is 1. The van der Waals surface area contributed by atoms with Gasteiger partial charge in [0, 0.05) is 17.6 Å². The molecular weight excluding hydrogens is 256 g/mol. The van der Waals surface area contributed by atoms with Crippen LogP contribution >= 0.6 is 11.6 Å². The Balaban J connectivity index is 2.03. The van der Waals surface area contributed by atoms with Gasteiger partial charge in [0.15, 0.2) is 0 Å². The fourth-order valence-electron chi connectivity index (χ4n) is 2.02. The first kappa shape index (κ1) is 13.3. The minimum atomic E-state index is -0.409. The molecule has 1 saturated heterocycles. The highest BCUT2D eigenvalue weighted by Crippen LogP contribution is 2.24. The zero-order valence-corrected chi connectivity index (χ0v) is 10.7. The summed E-state index contributed by atoms with van der Waals surface area (Å²) in [5.41, 5.74) is 0.584. The van der Waals surface area contributed by atoms with Crippen molar-refractivity contribution in [3.8, 4) is 0 Å². The lowest BCUT2D eigenvalue weighted by Gasteiger charge is -2.23. The standard InChI is InChI=1S/C12H15ClN2O3/c13-10-3-4-12(15(16)17)9(6-10)8-18-11-2-1-5-14-7-11/h3-4,6,11,14H,1-2,5,7-8H2. The summed E-state index contributed by atoms with van der Waals surface area (Å²) < 4.78 is 5.69. The molecule has 18 heavy (non-hydrogen) atoms. The molecule has 1 fully saturated rings. The summed E-state index contributed by atoms with van der Waals surface area (Å²) in [5.74, 6) is 0. The van der Waals surface area contributed by atoms with Gasteiger partial charge < -0.3 is 10.1 Å². The second-order valence-electron chi connectivity index (χ2n) is 4.31. The fourth-order valence-corrected chi connectivity index (χ4v) is 2.21. The SMILES string of the molecule is O=[N+]([O-])c1ccc(Cl)cc1COC1CCCNC1. The maximum atomic E-state index is 10.9. The molecule has 1 N–H and O–H groups in total. The van der Waals surface area contributed by atoms with Crippen molar-refractivity contribution in [3.05, 3.63) is 38.9 Å². The summed E-state index contributed by atoms with van der Waals surface area (Å²) in [4.78, 5) is 10.5. The van der Waals surface area contributed by atoms with Crippen LogP contribution in [0.25, 0.3) is 0 Å². The van der Waals surface area contributed by atoms with E-state index in [1.165, 1.54) is 12.1 Å². The largest absolute Gasteiger partial charge is 0.372 e. The maximum Gasteiger partial charge on any atom is 0.275 e. The van der Waals surface area contributed by atoms with Gasteiger partial charge in [0.25, 0.3) is 5.69 Å². The number of nitro benzene ring substituents is 1. The minimum Gasteiger partial charge on any atom is -0.372 e. The van der Waals surface area contributed by atoms with E-state index in [4.69, 9.17) is 16.3 Å². The molecule has 6 heteroatoms. The second-order valence-corrected chi connectivity index (χ2v) is 4.75. The molecular formula is C12H15ClN2O3. The third kappa shape index (κ3) is 3.41. The molecule has 0 amide bonds. The van der Waals surface area contributed by atoms with Crippen LogP contribution in [-0.2, 0) is 11.3 Å². The van der Waals surface area contributed by atoms with Crippen LogP contribution in [0, 0.1) is 10.1 Å². The Labute approximate surface area is 110 Å². The predicted molar refractivity (Wildman–Crippen MR) is 68.8 cm³/mol. The highest BCUT2D eigenvalue weighted by molar-refractivity contribution is 6.30. The third-order valence-corrected chi connectivity index (χ3v) is 3.20. The van der Waals surface area contributed by atoms with Gasteiger partial charge >= 0.3 is 0 Å².